The van der Waals surface area contributed by atoms with Crippen molar-refractivity contribution in [2.45, 2.75) is 10.9 Å². The largest absolute Gasteiger partial charge is 0.338 e. The van der Waals surface area contributed by atoms with Crippen LogP contribution in [0.3, 0.4) is 0 Å². The molecule has 112 valence electrons. The zero-order valence-electron chi connectivity index (χ0n) is 11.5. The Balaban J connectivity index is 2.97. The van der Waals surface area contributed by atoms with Crippen molar-refractivity contribution in [1.29, 1.82) is 0 Å². The number of hydrogen-bond donors (Lipinski definition) is 0. The third kappa shape index (κ3) is 3.63. The molecular weight excluding hydrogens is 287 g/mol. The first-order valence-corrected chi connectivity index (χ1v) is 7.36. The number of halogens is 1. The van der Waals surface area contributed by atoms with E-state index in [1.165, 1.54) is 33.5 Å². The lowest BCUT2D eigenvalue weighted by Gasteiger charge is -2.26. The van der Waals surface area contributed by atoms with Crippen LogP contribution in [0.4, 0.5) is 4.39 Å². The summed E-state index contributed by atoms with van der Waals surface area (Å²) < 4.78 is 52.3. The molecule has 0 heterocycles. The monoisotopic (exact) mass is 304 g/mol. The Morgan fingerprint density at radius 1 is 1.15 bits per heavy atom. The summed E-state index contributed by atoms with van der Waals surface area (Å²) in [5.74, 6) is -3.52. The zero-order valence-corrected chi connectivity index (χ0v) is 12.3. The van der Waals surface area contributed by atoms with Gasteiger partial charge in [-0.25, -0.2) is 12.8 Å². The average molecular weight is 304 g/mol. The van der Waals surface area contributed by atoms with E-state index < -0.39 is 27.4 Å². The van der Waals surface area contributed by atoms with Gasteiger partial charge < -0.3 is 14.2 Å². The Labute approximate surface area is 117 Å². The second-order valence-electron chi connectivity index (χ2n) is 3.82. The Morgan fingerprint density at radius 2 is 1.65 bits per heavy atom. The van der Waals surface area contributed by atoms with Crippen LogP contribution in [0.5, 0.6) is 0 Å². The smallest absolute Gasteiger partial charge is 0.325 e. The fourth-order valence-electron chi connectivity index (χ4n) is 1.57. The molecule has 5 nitrogen and oxygen atoms in total. The molecule has 1 rings (SSSR count). The van der Waals surface area contributed by atoms with Crippen LogP contribution in [0.2, 0.25) is 0 Å². The van der Waals surface area contributed by atoms with Crippen LogP contribution >= 0.6 is 0 Å². The van der Waals surface area contributed by atoms with Gasteiger partial charge in [0.05, 0.1) is 10.6 Å². The van der Waals surface area contributed by atoms with E-state index in [4.69, 9.17) is 14.2 Å². The maximum Gasteiger partial charge on any atom is 0.338 e. The maximum atomic E-state index is 14.0. The van der Waals surface area contributed by atoms with Crippen molar-refractivity contribution in [3.8, 4) is 0 Å². The lowest BCUT2D eigenvalue weighted by atomic mass is 10.4. The molecule has 1 aromatic rings. The molecule has 0 aliphatic heterocycles. The molecule has 0 aromatic heterocycles. The molecule has 7 heteroatoms. The summed E-state index contributed by atoms with van der Waals surface area (Å²) in [5, 5.41) is 0. The normalized spacial score (nSPS) is 13.5. The van der Waals surface area contributed by atoms with E-state index in [9.17, 15) is 12.8 Å². The van der Waals surface area contributed by atoms with Gasteiger partial charge in [0, 0.05) is 21.3 Å². The highest BCUT2D eigenvalue weighted by molar-refractivity contribution is 7.91. The molecule has 0 unspecified atom stereocenters. The standard InChI is InChI=1S/C13H17FO5S/c1-17-13(18-2,19-3)12(14)9-10-20(15,16)11-7-5-4-6-8-11/h4-9H,10H2,1-3H3/b12-9+. The predicted octanol–water partition coefficient (Wildman–Crippen LogP) is 1.91. The van der Waals surface area contributed by atoms with Gasteiger partial charge in [0.25, 0.3) is 0 Å². The van der Waals surface area contributed by atoms with E-state index >= 15 is 0 Å². The van der Waals surface area contributed by atoms with E-state index in [2.05, 4.69) is 0 Å². The van der Waals surface area contributed by atoms with E-state index in [0.717, 1.165) is 6.08 Å². The highest BCUT2D eigenvalue weighted by atomic mass is 32.2. The second-order valence-corrected chi connectivity index (χ2v) is 5.85. The second kappa shape index (κ2) is 6.94. The van der Waals surface area contributed by atoms with Crippen molar-refractivity contribution in [1.82, 2.24) is 0 Å². The molecule has 20 heavy (non-hydrogen) atoms. The number of ether oxygens (including phenoxy) is 3. The SMILES string of the molecule is COC(OC)(OC)/C(F)=C\CS(=O)(=O)c1ccccc1. The Morgan fingerprint density at radius 3 is 2.10 bits per heavy atom. The Kier molecular flexibility index (Phi) is 5.82. The van der Waals surface area contributed by atoms with Gasteiger partial charge in [-0.1, -0.05) is 18.2 Å². The van der Waals surface area contributed by atoms with Crippen LogP contribution in [0.1, 0.15) is 0 Å². The summed E-state index contributed by atoms with van der Waals surface area (Å²) in [6.45, 7) is 0. The molecule has 1 aromatic carbocycles. The summed E-state index contributed by atoms with van der Waals surface area (Å²) in [5.41, 5.74) is 0. The molecule has 0 aliphatic carbocycles. The number of methoxy groups -OCH3 is 3. The molecule has 0 radical (unpaired) electrons. The van der Waals surface area contributed by atoms with Gasteiger partial charge in [0.15, 0.2) is 15.7 Å². The van der Waals surface area contributed by atoms with E-state index in [0.29, 0.717) is 0 Å². The van der Waals surface area contributed by atoms with Crippen molar-refractivity contribution in [3.63, 3.8) is 0 Å². The Bertz CT molecular complexity index is 541. The molecule has 0 atom stereocenters. The Hall–Kier alpha value is -1.28. The maximum absolute atomic E-state index is 14.0. The van der Waals surface area contributed by atoms with Crippen LogP contribution in [0.15, 0.2) is 47.1 Å². The fraction of sp³-hybridized carbons (Fsp3) is 0.385. The number of rotatable bonds is 7. The molecule has 0 bridgehead atoms. The minimum atomic E-state index is -3.62. The van der Waals surface area contributed by atoms with E-state index in [-0.39, 0.29) is 4.90 Å². The van der Waals surface area contributed by atoms with Crippen LogP contribution in [0.25, 0.3) is 0 Å². The van der Waals surface area contributed by atoms with Gasteiger partial charge in [-0.3, -0.25) is 0 Å². The first kappa shape index (κ1) is 16.8. The molecule has 0 saturated carbocycles. The number of sulfone groups is 1. The van der Waals surface area contributed by atoms with Crippen LogP contribution < -0.4 is 0 Å². The number of benzene rings is 1. The van der Waals surface area contributed by atoms with Crippen molar-refractivity contribution < 1.29 is 27.0 Å². The van der Waals surface area contributed by atoms with Crippen LogP contribution in [-0.2, 0) is 24.0 Å². The quantitative estimate of drug-likeness (QED) is 0.720. The molecule has 0 N–H and O–H groups in total. The van der Waals surface area contributed by atoms with Gasteiger partial charge in [0.2, 0.25) is 0 Å². The molecule has 0 saturated heterocycles. The average Bonchev–Trinajstić information content (AvgIpc) is 2.48. The third-order valence-corrected chi connectivity index (χ3v) is 4.28. The molecular formula is C13H17FO5S. The van der Waals surface area contributed by atoms with Crippen LogP contribution in [-0.4, -0.2) is 41.5 Å². The van der Waals surface area contributed by atoms with Gasteiger partial charge >= 0.3 is 5.97 Å². The molecule has 0 aliphatic rings. The summed E-state index contributed by atoms with van der Waals surface area (Å²) in [6.07, 6.45) is 0.860. The summed E-state index contributed by atoms with van der Waals surface area (Å²) in [4.78, 5) is 0.113. The molecule has 0 fully saturated rings. The first-order valence-electron chi connectivity index (χ1n) is 5.71. The predicted molar refractivity (Wildman–Crippen MR) is 71.4 cm³/mol. The van der Waals surface area contributed by atoms with Gasteiger partial charge in [0.1, 0.15) is 0 Å². The van der Waals surface area contributed by atoms with Crippen molar-refractivity contribution >= 4 is 9.84 Å². The van der Waals surface area contributed by atoms with Gasteiger partial charge in [-0.2, -0.15) is 0 Å². The van der Waals surface area contributed by atoms with Crippen molar-refractivity contribution in [2.75, 3.05) is 27.1 Å². The lowest BCUT2D eigenvalue weighted by molar-refractivity contribution is -0.334. The van der Waals surface area contributed by atoms with Gasteiger partial charge in [-0.05, 0) is 18.2 Å². The number of hydrogen-bond acceptors (Lipinski definition) is 5. The first-order chi connectivity index (χ1) is 9.41. The summed E-state index contributed by atoms with van der Waals surface area (Å²) in [6, 6.07) is 7.77. The zero-order chi connectivity index (χ0) is 15.2. The fourth-order valence-corrected chi connectivity index (χ4v) is 2.70. The highest BCUT2D eigenvalue weighted by Gasteiger charge is 2.36. The lowest BCUT2D eigenvalue weighted by Crippen LogP contribution is -2.37. The molecule has 0 amide bonds. The minimum absolute atomic E-state index is 0.113. The van der Waals surface area contributed by atoms with E-state index in [1.807, 2.05) is 0 Å². The summed E-state index contributed by atoms with van der Waals surface area (Å²) >= 11 is 0. The minimum Gasteiger partial charge on any atom is -0.325 e. The van der Waals surface area contributed by atoms with Gasteiger partial charge in [-0.15, -0.1) is 0 Å². The van der Waals surface area contributed by atoms with Crippen molar-refractivity contribution in [3.05, 3.63) is 42.2 Å². The topological polar surface area (TPSA) is 61.8 Å². The third-order valence-electron chi connectivity index (χ3n) is 2.68. The van der Waals surface area contributed by atoms with Crippen LogP contribution in [0, 0.1) is 0 Å². The molecule has 0 spiro atoms. The summed E-state index contributed by atoms with van der Waals surface area (Å²) in [7, 11) is -0.0635. The van der Waals surface area contributed by atoms with Crippen molar-refractivity contribution in [2.24, 2.45) is 0 Å². The highest BCUT2D eigenvalue weighted by Crippen LogP contribution is 2.24. The van der Waals surface area contributed by atoms with E-state index in [1.54, 1.807) is 18.2 Å².